The lowest BCUT2D eigenvalue weighted by Crippen LogP contribution is -1.98. The van der Waals surface area contributed by atoms with E-state index >= 15 is 0 Å². The normalized spacial score (nSPS) is 11.0. The van der Waals surface area contributed by atoms with Crippen LogP contribution in [0.15, 0.2) is 83.4 Å². The summed E-state index contributed by atoms with van der Waals surface area (Å²) in [6, 6.07) is 23.5. The number of aryl methyl sites for hydroxylation is 1. The Balaban J connectivity index is 1.38. The number of ether oxygens (including phenoxy) is 1. The summed E-state index contributed by atoms with van der Waals surface area (Å²) in [4.78, 5) is 9.01. The van der Waals surface area contributed by atoms with Crippen molar-refractivity contribution in [2.45, 2.75) is 13.5 Å². The van der Waals surface area contributed by atoms with Crippen molar-refractivity contribution in [1.29, 1.82) is 0 Å². The maximum absolute atomic E-state index is 6.00. The lowest BCUT2D eigenvalue weighted by atomic mass is 10.1. The van der Waals surface area contributed by atoms with Gasteiger partial charge in [0, 0.05) is 22.7 Å². The SMILES string of the molecule is Cc1ccc(-c2nnc(COc3ccccc3-c3ccc4cccnc4n3)o2)cc1. The Kier molecular flexibility index (Phi) is 4.65. The quantitative estimate of drug-likeness (QED) is 0.406. The van der Waals surface area contributed by atoms with Crippen LogP contribution in [0.2, 0.25) is 0 Å². The first-order valence-electron chi connectivity index (χ1n) is 9.60. The molecule has 6 nitrogen and oxygen atoms in total. The minimum absolute atomic E-state index is 0.168. The van der Waals surface area contributed by atoms with Crippen molar-refractivity contribution in [3.05, 3.63) is 90.4 Å². The van der Waals surface area contributed by atoms with Gasteiger partial charge in [0.1, 0.15) is 5.75 Å². The molecule has 0 spiro atoms. The Hall–Kier alpha value is -4.06. The largest absolute Gasteiger partial charge is 0.483 e. The predicted molar refractivity (Wildman–Crippen MR) is 114 cm³/mol. The van der Waals surface area contributed by atoms with Gasteiger partial charge in [0.25, 0.3) is 5.89 Å². The molecule has 0 aliphatic rings. The summed E-state index contributed by atoms with van der Waals surface area (Å²) in [7, 11) is 0. The van der Waals surface area contributed by atoms with Crippen LogP contribution in [0.1, 0.15) is 11.5 Å². The fourth-order valence-corrected chi connectivity index (χ4v) is 3.17. The van der Waals surface area contributed by atoms with Crippen molar-refractivity contribution in [2.75, 3.05) is 0 Å². The molecule has 3 heterocycles. The zero-order valence-electron chi connectivity index (χ0n) is 16.3. The Labute approximate surface area is 173 Å². The van der Waals surface area contributed by atoms with Crippen LogP contribution in [-0.2, 0) is 6.61 Å². The van der Waals surface area contributed by atoms with Gasteiger partial charge < -0.3 is 9.15 Å². The lowest BCUT2D eigenvalue weighted by molar-refractivity contribution is 0.265. The molecule has 2 aromatic carbocycles. The number of hydrogen-bond acceptors (Lipinski definition) is 6. The molecule has 0 N–H and O–H groups in total. The van der Waals surface area contributed by atoms with Crippen LogP contribution in [-0.4, -0.2) is 20.2 Å². The van der Waals surface area contributed by atoms with Gasteiger partial charge in [0.05, 0.1) is 5.69 Å². The molecule has 0 fully saturated rings. The highest BCUT2D eigenvalue weighted by molar-refractivity contribution is 5.79. The maximum atomic E-state index is 6.00. The maximum Gasteiger partial charge on any atom is 0.254 e. The average Bonchev–Trinajstić information content (AvgIpc) is 3.27. The second-order valence-corrected chi connectivity index (χ2v) is 6.90. The van der Waals surface area contributed by atoms with E-state index in [0.29, 0.717) is 23.2 Å². The van der Waals surface area contributed by atoms with Gasteiger partial charge in [-0.3, -0.25) is 0 Å². The van der Waals surface area contributed by atoms with Crippen molar-refractivity contribution in [2.24, 2.45) is 0 Å². The number of aromatic nitrogens is 4. The molecule has 0 bridgehead atoms. The number of para-hydroxylation sites is 1. The molecule has 3 aromatic heterocycles. The highest BCUT2D eigenvalue weighted by atomic mass is 16.5. The number of nitrogens with zero attached hydrogens (tertiary/aromatic N) is 4. The van der Waals surface area contributed by atoms with Crippen molar-refractivity contribution in [3.8, 4) is 28.5 Å². The molecule has 0 aliphatic carbocycles. The Morgan fingerprint density at radius 3 is 2.63 bits per heavy atom. The van der Waals surface area contributed by atoms with Gasteiger partial charge in [-0.1, -0.05) is 29.8 Å². The molecule has 0 radical (unpaired) electrons. The Morgan fingerprint density at radius 2 is 1.73 bits per heavy atom. The van der Waals surface area contributed by atoms with Crippen molar-refractivity contribution < 1.29 is 9.15 Å². The summed E-state index contributed by atoms with van der Waals surface area (Å²) in [5.41, 5.74) is 4.43. The molecule has 146 valence electrons. The van der Waals surface area contributed by atoms with E-state index in [2.05, 4.69) is 20.2 Å². The van der Waals surface area contributed by atoms with E-state index in [-0.39, 0.29) is 6.61 Å². The first-order valence-corrected chi connectivity index (χ1v) is 9.60. The number of benzene rings is 2. The number of hydrogen-bond donors (Lipinski definition) is 0. The molecule has 5 aromatic rings. The van der Waals surface area contributed by atoms with Crippen LogP contribution in [0, 0.1) is 6.92 Å². The molecule has 6 heteroatoms. The zero-order valence-corrected chi connectivity index (χ0v) is 16.3. The molecule has 0 unspecified atom stereocenters. The molecule has 0 saturated heterocycles. The summed E-state index contributed by atoms with van der Waals surface area (Å²) in [6.07, 6.45) is 1.74. The topological polar surface area (TPSA) is 73.9 Å². The Morgan fingerprint density at radius 1 is 0.867 bits per heavy atom. The van der Waals surface area contributed by atoms with E-state index in [1.807, 2.05) is 79.7 Å². The van der Waals surface area contributed by atoms with E-state index in [0.717, 1.165) is 22.2 Å². The van der Waals surface area contributed by atoms with Crippen molar-refractivity contribution in [3.63, 3.8) is 0 Å². The molecule has 0 saturated carbocycles. The first kappa shape index (κ1) is 18.0. The fourth-order valence-electron chi connectivity index (χ4n) is 3.17. The third-order valence-corrected chi connectivity index (χ3v) is 4.74. The van der Waals surface area contributed by atoms with Crippen LogP contribution in [0.25, 0.3) is 33.7 Å². The zero-order chi connectivity index (χ0) is 20.3. The van der Waals surface area contributed by atoms with Gasteiger partial charge >= 0.3 is 0 Å². The minimum Gasteiger partial charge on any atom is -0.483 e. The van der Waals surface area contributed by atoms with Gasteiger partial charge in [-0.05, 0) is 55.5 Å². The van der Waals surface area contributed by atoms with E-state index in [1.54, 1.807) is 6.20 Å². The number of fused-ring (bicyclic) bond motifs is 1. The molecule has 0 aliphatic heterocycles. The third-order valence-electron chi connectivity index (χ3n) is 4.74. The van der Waals surface area contributed by atoms with Crippen LogP contribution >= 0.6 is 0 Å². The Bertz CT molecular complexity index is 1310. The monoisotopic (exact) mass is 394 g/mol. The summed E-state index contributed by atoms with van der Waals surface area (Å²) >= 11 is 0. The van der Waals surface area contributed by atoms with E-state index in [9.17, 15) is 0 Å². The van der Waals surface area contributed by atoms with Gasteiger partial charge in [0.2, 0.25) is 5.89 Å². The smallest absolute Gasteiger partial charge is 0.254 e. The van der Waals surface area contributed by atoms with Gasteiger partial charge in [-0.15, -0.1) is 10.2 Å². The molecule has 5 rings (SSSR count). The third kappa shape index (κ3) is 3.63. The molecular formula is C24H18N4O2. The van der Waals surface area contributed by atoms with Crippen molar-refractivity contribution in [1.82, 2.24) is 20.2 Å². The van der Waals surface area contributed by atoms with E-state index in [4.69, 9.17) is 9.15 Å². The fraction of sp³-hybridized carbons (Fsp3) is 0.0833. The average molecular weight is 394 g/mol. The van der Waals surface area contributed by atoms with Crippen LogP contribution < -0.4 is 4.74 Å². The van der Waals surface area contributed by atoms with Crippen molar-refractivity contribution >= 4 is 11.0 Å². The lowest BCUT2D eigenvalue weighted by Gasteiger charge is -2.10. The molecular weight excluding hydrogens is 376 g/mol. The summed E-state index contributed by atoms with van der Waals surface area (Å²) in [5.74, 6) is 1.58. The summed E-state index contributed by atoms with van der Waals surface area (Å²) in [5, 5.41) is 9.23. The van der Waals surface area contributed by atoms with E-state index < -0.39 is 0 Å². The number of pyridine rings is 2. The van der Waals surface area contributed by atoms with E-state index in [1.165, 1.54) is 5.56 Å². The van der Waals surface area contributed by atoms with Crippen LogP contribution in [0.3, 0.4) is 0 Å². The standard InChI is InChI=1S/C24H18N4O2/c1-16-8-10-18(11-9-16)24-28-27-22(30-24)15-29-21-7-3-2-6-19(21)20-13-12-17-5-4-14-25-23(17)26-20/h2-14H,15H2,1H3. The summed E-state index contributed by atoms with van der Waals surface area (Å²) < 4.78 is 11.8. The van der Waals surface area contributed by atoms with Gasteiger partial charge in [-0.2, -0.15) is 0 Å². The second kappa shape index (κ2) is 7.75. The number of rotatable bonds is 5. The van der Waals surface area contributed by atoms with Gasteiger partial charge in [-0.25, -0.2) is 9.97 Å². The van der Waals surface area contributed by atoms with Crippen LogP contribution in [0.5, 0.6) is 5.75 Å². The molecule has 0 amide bonds. The molecule has 0 atom stereocenters. The van der Waals surface area contributed by atoms with Crippen LogP contribution in [0.4, 0.5) is 0 Å². The highest BCUT2D eigenvalue weighted by Crippen LogP contribution is 2.30. The first-order chi connectivity index (χ1) is 14.8. The molecule has 30 heavy (non-hydrogen) atoms. The second-order valence-electron chi connectivity index (χ2n) is 6.90. The predicted octanol–water partition coefficient (Wildman–Crippen LogP) is 5.23. The highest BCUT2D eigenvalue weighted by Gasteiger charge is 2.12. The van der Waals surface area contributed by atoms with Gasteiger partial charge in [0.15, 0.2) is 12.3 Å². The summed E-state index contributed by atoms with van der Waals surface area (Å²) in [6.45, 7) is 2.20. The minimum atomic E-state index is 0.168.